The third kappa shape index (κ3) is 4.59. The summed E-state index contributed by atoms with van der Waals surface area (Å²) in [6.07, 6.45) is 0. The van der Waals surface area contributed by atoms with Crippen LogP contribution in [0.15, 0.2) is 78.9 Å². The summed E-state index contributed by atoms with van der Waals surface area (Å²) >= 11 is 0. The van der Waals surface area contributed by atoms with Crippen LogP contribution in [0.5, 0.6) is 0 Å². The van der Waals surface area contributed by atoms with E-state index in [9.17, 15) is 19.7 Å². The summed E-state index contributed by atoms with van der Waals surface area (Å²) in [6, 6.07) is 20.9. The van der Waals surface area contributed by atoms with Crippen molar-refractivity contribution in [3.05, 3.63) is 106 Å². The van der Waals surface area contributed by atoms with Crippen LogP contribution in [0.2, 0.25) is 0 Å². The van der Waals surface area contributed by atoms with Crippen LogP contribution in [0.3, 0.4) is 0 Å². The first-order valence-electron chi connectivity index (χ1n) is 8.40. The molecule has 1 N–H and O–H groups in total. The molecule has 0 spiro atoms. The first-order chi connectivity index (χ1) is 13.5. The molecule has 0 radical (unpaired) electrons. The van der Waals surface area contributed by atoms with Gasteiger partial charge < -0.3 is 10.1 Å². The van der Waals surface area contributed by atoms with Crippen molar-refractivity contribution in [2.45, 2.75) is 6.61 Å². The zero-order valence-electron chi connectivity index (χ0n) is 14.7. The molecule has 0 aliphatic carbocycles. The molecule has 7 nitrogen and oxygen atoms in total. The third-order valence-electron chi connectivity index (χ3n) is 3.95. The van der Waals surface area contributed by atoms with E-state index in [1.807, 2.05) is 0 Å². The molecular formula is C21H16N2O5. The number of nitrogens with zero attached hydrogens (tertiary/aromatic N) is 1. The largest absolute Gasteiger partial charge is 0.457 e. The lowest BCUT2D eigenvalue weighted by Crippen LogP contribution is -2.15. The maximum atomic E-state index is 12.5. The molecule has 3 aromatic carbocycles. The Balaban J connectivity index is 1.68. The molecule has 7 heteroatoms. The van der Waals surface area contributed by atoms with E-state index in [0.717, 1.165) is 0 Å². The summed E-state index contributed by atoms with van der Waals surface area (Å²) in [5.74, 6) is -0.946. The predicted molar refractivity (Wildman–Crippen MR) is 103 cm³/mol. The lowest BCUT2D eigenvalue weighted by molar-refractivity contribution is -0.384. The number of para-hydroxylation sites is 1. The predicted octanol–water partition coefficient (Wildman–Crippen LogP) is 4.20. The number of ether oxygens (including phenoxy) is 1. The Morgan fingerprint density at radius 3 is 2.21 bits per heavy atom. The smallest absolute Gasteiger partial charge is 0.340 e. The first-order valence-corrected chi connectivity index (χ1v) is 8.40. The molecule has 1 amide bonds. The molecule has 0 fully saturated rings. The molecular weight excluding hydrogens is 360 g/mol. The number of esters is 1. The molecule has 0 heterocycles. The highest BCUT2D eigenvalue weighted by Gasteiger charge is 2.15. The van der Waals surface area contributed by atoms with Crippen LogP contribution in [0.4, 0.5) is 11.4 Å². The van der Waals surface area contributed by atoms with Gasteiger partial charge in [0.1, 0.15) is 6.61 Å². The van der Waals surface area contributed by atoms with Crippen LogP contribution >= 0.6 is 0 Å². The van der Waals surface area contributed by atoms with E-state index < -0.39 is 10.9 Å². The summed E-state index contributed by atoms with van der Waals surface area (Å²) in [5, 5.41) is 13.4. The van der Waals surface area contributed by atoms with E-state index in [1.54, 1.807) is 54.6 Å². The number of hydrogen-bond acceptors (Lipinski definition) is 5. The van der Waals surface area contributed by atoms with Crippen molar-refractivity contribution in [1.29, 1.82) is 0 Å². The van der Waals surface area contributed by atoms with Gasteiger partial charge in [0.25, 0.3) is 11.6 Å². The normalized spacial score (nSPS) is 10.1. The van der Waals surface area contributed by atoms with Crippen LogP contribution in [0.1, 0.15) is 26.3 Å². The van der Waals surface area contributed by atoms with Gasteiger partial charge >= 0.3 is 5.97 Å². The van der Waals surface area contributed by atoms with Gasteiger partial charge in [-0.15, -0.1) is 0 Å². The number of benzene rings is 3. The van der Waals surface area contributed by atoms with Gasteiger partial charge in [0.05, 0.1) is 16.2 Å². The molecule has 0 saturated carbocycles. The van der Waals surface area contributed by atoms with Crippen LogP contribution < -0.4 is 5.32 Å². The number of hydrogen-bond donors (Lipinski definition) is 1. The number of nitro benzene ring substituents is 1. The fourth-order valence-corrected chi connectivity index (χ4v) is 2.49. The van der Waals surface area contributed by atoms with E-state index in [1.165, 1.54) is 24.3 Å². The van der Waals surface area contributed by atoms with Gasteiger partial charge in [0, 0.05) is 17.7 Å². The average Bonchev–Trinajstić information content (AvgIpc) is 2.73. The molecule has 0 unspecified atom stereocenters. The second-order valence-electron chi connectivity index (χ2n) is 5.87. The zero-order valence-corrected chi connectivity index (χ0v) is 14.7. The van der Waals surface area contributed by atoms with Gasteiger partial charge in [-0.2, -0.15) is 0 Å². The Labute approximate surface area is 160 Å². The number of nitro groups is 1. The first kappa shape index (κ1) is 18.8. The van der Waals surface area contributed by atoms with Gasteiger partial charge in [0.15, 0.2) is 0 Å². The number of nitrogens with one attached hydrogen (secondary N) is 1. The Morgan fingerprint density at radius 2 is 1.54 bits per heavy atom. The molecule has 0 bridgehead atoms. The molecule has 0 atom stereocenters. The van der Waals surface area contributed by atoms with E-state index in [-0.39, 0.29) is 23.8 Å². The Hall–Kier alpha value is -4.00. The minimum absolute atomic E-state index is 0.0379. The third-order valence-corrected chi connectivity index (χ3v) is 3.95. The maximum absolute atomic E-state index is 12.5. The van der Waals surface area contributed by atoms with Crippen molar-refractivity contribution >= 4 is 23.3 Å². The number of carbonyl (C=O) groups is 2. The van der Waals surface area contributed by atoms with Crippen LogP contribution in [0, 0.1) is 10.1 Å². The lowest BCUT2D eigenvalue weighted by Gasteiger charge is -2.11. The Morgan fingerprint density at radius 1 is 0.893 bits per heavy atom. The van der Waals surface area contributed by atoms with Crippen molar-refractivity contribution in [2.75, 3.05) is 5.32 Å². The highest BCUT2D eigenvalue weighted by atomic mass is 16.6. The van der Waals surface area contributed by atoms with Crippen molar-refractivity contribution in [1.82, 2.24) is 0 Å². The fraction of sp³-hybridized carbons (Fsp3) is 0.0476. The average molecular weight is 376 g/mol. The highest BCUT2D eigenvalue weighted by Crippen LogP contribution is 2.19. The summed E-state index contributed by atoms with van der Waals surface area (Å²) in [4.78, 5) is 35.0. The zero-order chi connectivity index (χ0) is 19.9. The Bertz CT molecular complexity index is 1000. The maximum Gasteiger partial charge on any atom is 0.340 e. The molecule has 0 saturated heterocycles. The molecule has 140 valence electrons. The fourth-order valence-electron chi connectivity index (χ4n) is 2.49. The summed E-state index contributed by atoms with van der Waals surface area (Å²) < 4.78 is 5.28. The van der Waals surface area contributed by atoms with Gasteiger partial charge in [-0.25, -0.2) is 4.79 Å². The monoisotopic (exact) mass is 376 g/mol. The topological polar surface area (TPSA) is 98.5 Å². The van der Waals surface area contributed by atoms with E-state index in [2.05, 4.69) is 5.32 Å². The SMILES string of the molecule is O=C(Nc1ccccc1C(=O)OCc1ccc([N+](=O)[O-])cc1)c1ccccc1. The van der Waals surface area contributed by atoms with Crippen molar-refractivity contribution in [2.24, 2.45) is 0 Å². The number of non-ortho nitro benzene ring substituents is 1. The second kappa shape index (κ2) is 8.59. The highest BCUT2D eigenvalue weighted by molar-refractivity contribution is 6.07. The minimum atomic E-state index is -0.609. The van der Waals surface area contributed by atoms with Gasteiger partial charge in [-0.05, 0) is 42.0 Å². The van der Waals surface area contributed by atoms with E-state index in [0.29, 0.717) is 16.8 Å². The Kier molecular flexibility index (Phi) is 5.76. The van der Waals surface area contributed by atoms with E-state index >= 15 is 0 Å². The van der Waals surface area contributed by atoms with Gasteiger partial charge in [-0.3, -0.25) is 14.9 Å². The summed E-state index contributed by atoms with van der Waals surface area (Å²) in [6.45, 7) is -0.0439. The summed E-state index contributed by atoms with van der Waals surface area (Å²) in [7, 11) is 0. The number of carbonyl (C=O) groups excluding carboxylic acids is 2. The van der Waals surface area contributed by atoms with Crippen LogP contribution in [-0.4, -0.2) is 16.8 Å². The molecule has 0 aliphatic heterocycles. The van der Waals surface area contributed by atoms with Crippen LogP contribution in [0.25, 0.3) is 0 Å². The standard InChI is InChI=1S/C21H16N2O5/c24-20(16-6-2-1-3-7-16)22-19-9-5-4-8-18(19)21(25)28-14-15-10-12-17(13-11-15)23(26)27/h1-13H,14H2,(H,22,24). The molecule has 3 aromatic rings. The molecule has 3 rings (SSSR count). The van der Waals surface area contributed by atoms with Gasteiger partial charge in [0.2, 0.25) is 0 Å². The van der Waals surface area contributed by atoms with Gasteiger partial charge in [-0.1, -0.05) is 30.3 Å². The molecule has 28 heavy (non-hydrogen) atoms. The number of rotatable bonds is 6. The number of amides is 1. The van der Waals surface area contributed by atoms with Crippen molar-refractivity contribution < 1.29 is 19.2 Å². The molecule has 0 aromatic heterocycles. The van der Waals surface area contributed by atoms with Crippen molar-refractivity contribution in [3.8, 4) is 0 Å². The second-order valence-corrected chi connectivity index (χ2v) is 5.87. The van der Waals surface area contributed by atoms with E-state index in [4.69, 9.17) is 4.74 Å². The minimum Gasteiger partial charge on any atom is -0.457 e. The lowest BCUT2D eigenvalue weighted by atomic mass is 10.1. The quantitative estimate of drug-likeness (QED) is 0.395. The number of anilines is 1. The van der Waals surface area contributed by atoms with Crippen LogP contribution in [-0.2, 0) is 11.3 Å². The molecule has 0 aliphatic rings. The van der Waals surface area contributed by atoms with Crippen molar-refractivity contribution in [3.63, 3.8) is 0 Å². The summed E-state index contributed by atoms with van der Waals surface area (Å²) in [5.41, 5.74) is 1.60.